The van der Waals surface area contributed by atoms with Crippen molar-refractivity contribution in [2.45, 2.75) is 80.8 Å². The molecule has 0 radical (unpaired) electrons. The van der Waals surface area contributed by atoms with Crippen LogP contribution in [0.4, 0.5) is 10.5 Å². The molecular weight excluding hydrogens is 683 g/mol. The molecule has 272 valence electrons. The number of urea groups is 1. The van der Waals surface area contributed by atoms with Gasteiger partial charge in [-0.1, -0.05) is 109 Å². The SMILES string of the molecule is O=C(Nc1ccc([C@H]2O[C@@H](CSc3nc(-c4ccccc4)c(-c4ccccc4)o3)C[C@@H](c3ccc(CO)cc3)O2)cc1)NC12CC3CC(CC(C3)C1)C2. The second-order valence-electron chi connectivity index (χ2n) is 15.4. The van der Waals surface area contributed by atoms with Gasteiger partial charge in [-0.05, 0) is 79.5 Å². The molecular formula is C44H45N3O5S. The summed E-state index contributed by atoms with van der Waals surface area (Å²) in [4.78, 5) is 18.2. The molecule has 5 fully saturated rings. The van der Waals surface area contributed by atoms with Crippen molar-refractivity contribution in [1.82, 2.24) is 10.3 Å². The van der Waals surface area contributed by atoms with Gasteiger partial charge >= 0.3 is 6.03 Å². The number of anilines is 1. The van der Waals surface area contributed by atoms with Crippen molar-refractivity contribution in [2.75, 3.05) is 11.1 Å². The van der Waals surface area contributed by atoms with Crippen molar-refractivity contribution in [1.29, 1.82) is 0 Å². The molecule has 5 aromatic rings. The Morgan fingerprint density at radius 1 is 0.755 bits per heavy atom. The van der Waals surface area contributed by atoms with Crippen LogP contribution in [0, 0.1) is 17.8 Å². The highest BCUT2D eigenvalue weighted by molar-refractivity contribution is 7.99. The standard InChI is InChI=1S/C44H45N3O5S/c48-26-28-11-13-32(14-12-28)38-22-37(27-53-43-46-39(33-7-3-1-4-8-33)40(52-43)34-9-5-2-6-10-34)50-41(51-38)35-15-17-36(18-16-35)45-42(49)47-44-23-29-19-30(24-44)21-31(20-29)25-44/h1-18,29-31,37-38,41,48H,19-27H2,(H2,45,47,49)/t29?,30?,31?,37-,38+,41+,44?/m1/s1. The van der Waals surface area contributed by atoms with Crippen LogP contribution in [-0.2, 0) is 16.1 Å². The molecule has 2 amide bonds. The van der Waals surface area contributed by atoms with Crippen LogP contribution in [0.5, 0.6) is 0 Å². The Bertz CT molecular complexity index is 1930. The van der Waals surface area contributed by atoms with Crippen molar-refractivity contribution < 1.29 is 23.8 Å². The minimum absolute atomic E-state index is 0.0101. The molecule has 0 spiro atoms. The first-order chi connectivity index (χ1) is 26.0. The Labute approximate surface area is 314 Å². The third-order valence-electron chi connectivity index (χ3n) is 11.6. The molecule has 3 N–H and O–H groups in total. The molecule has 8 nitrogen and oxygen atoms in total. The number of amides is 2. The van der Waals surface area contributed by atoms with Crippen LogP contribution in [0.15, 0.2) is 119 Å². The molecule has 5 aliphatic rings. The lowest BCUT2D eigenvalue weighted by Crippen LogP contribution is -2.60. The van der Waals surface area contributed by atoms with Crippen LogP contribution in [-0.4, -0.2) is 33.5 Å². The largest absolute Gasteiger partial charge is 0.431 e. The summed E-state index contributed by atoms with van der Waals surface area (Å²) in [6.07, 6.45) is 7.00. The maximum Gasteiger partial charge on any atom is 0.319 e. The monoisotopic (exact) mass is 727 g/mol. The number of thioether (sulfide) groups is 1. The lowest BCUT2D eigenvalue weighted by Gasteiger charge is -2.56. The molecule has 4 saturated carbocycles. The number of ether oxygens (including phenoxy) is 2. The summed E-state index contributed by atoms with van der Waals surface area (Å²) in [5.41, 5.74) is 6.23. The van der Waals surface area contributed by atoms with E-state index >= 15 is 0 Å². The first-order valence-electron chi connectivity index (χ1n) is 18.9. The zero-order chi connectivity index (χ0) is 35.8. The van der Waals surface area contributed by atoms with Crippen LogP contribution >= 0.6 is 11.8 Å². The molecule has 1 aliphatic heterocycles. The van der Waals surface area contributed by atoms with Gasteiger partial charge in [0.15, 0.2) is 12.1 Å². The number of nitrogens with zero attached hydrogens (tertiary/aromatic N) is 1. The van der Waals surface area contributed by atoms with E-state index in [1.165, 1.54) is 31.0 Å². The zero-order valence-corrected chi connectivity index (χ0v) is 30.5. The Kier molecular flexibility index (Phi) is 9.59. The first-order valence-corrected chi connectivity index (χ1v) is 19.9. The predicted molar refractivity (Wildman–Crippen MR) is 206 cm³/mol. The van der Waals surface area contributed by atoms with Gasteiger partial charge in [-0.25, -0.2) is 9.78 Å². The number of rotatable bonds is 10. The molecule has 3 atom stereocenters. The number of carbonyl (C=O) groups is 1. The van der Waals surface area contributed by atoms with Crippen LogP contribution in [0.3, 0.4) is 0 Å². The van der Waals surface area contributed by atoms with Crippen LogP contribution < -0.4 is 10.6 Å². The van der Waals surface area contributed by atoms with Crippen molar-refractivity contribution in [3.05, 3.63) is 126 Å². The number of hydrogen-bond acceptors (Lipinski definition) is 7. The van der Waals surface area contributed by atoms with E-state index < -0.39 is 6.29 Å². The van der Waals surface area contributed by atoms with E-state index in [0.717, 1.165) is 82.0 Å². The quantitative estimate of drug-likeness (QED) is 0.123. The maximum absolute atomic E-state index is 13.2. The Balaban J connectivity index is 0.906. The number of benzene rings is 4. The van der Waals surface area contributed by atoms with Gasteiger partial charge < -0.3 is 29.6 Å². The third-order valence-corrected chi connectivity index (χ3v) is 12.5. The second kappa shape index (κ2) is 14.8. The summed E-state index contributed by atoms with van der Waals surface area (Å²) in [7, 11) is 0. The third kappa shape index (κ3) is 7.53. The summed E-state index contributed by atoms with van der Waals surface area (Å²) in [6, 6.07) is 35.8. The molecule has 53 heavy (non-hydrogen) atoms. The number of hydrogen-bond donors (Lipinski definition) is 3. The van der Waals surface area contributed by atoms with Gasteiger partial charge in [0.05, 0.1) is 18.8 Å². The van der Waals surface area contributed by atoms with Gasteiger partial charge in [0.25, 0.3) is 5.22 Å². The Morgan fingerprint density at radius 3 is 2.02 bits per heavy atom. The van der Waals surface area contributed by atoms with E-state index in [9.17, 15) is 9.90 Å². The van der Waals surface area contributed by atoms with E-state index in [0.29, 0.717) is 17.4 Å². The van der Waals surface area contributed by atoms with E-state index in [1.54, 1.807) is 0 Å². The van der Waals surface area contributed by atoms with Gasteiger partial charge in [0, 0.05) is 40.1 Å². The molecule has 4 aromatic carbocycles. The number of nitrogens with one attached hydrogen (secondary N) is 2. The van der Waals surface area contributed by atoms with Crippen LogP contribution in [0.1, 0.15) is 74.0 Å². The zero-order valence-electron chi connectivity index (χ0n) is 29.7. The van der Waals surface area contributed by atoms with E-state index in [-0.39, 0.29) is 30.4 Å². The van der Waals surface area contributed by atoms with E-state index in [4.69, 9.17) is 18.9 Å². The molecule has 10 rings (SSSR count). The summed E-state index contributed by atoms with van der Waals surface area (Å²) in [5.74, 6) is 3.65. The number of aliphatic hydroxyl groups is 1. The summed E-state index contributed by atoms with van der Waals surface area (Å²) >= 11 is 1.54. The Hall–Kier alpha value is -4.41. The highest BCUT2D eigenvalue weighted by Crippen LogP contribution is 2.55. The summed E-state index contributed by atoms with van der Waals surface area (Å²) < 4.78 is 19.6. The fraction of sp³-hybridized carbons (Fsp3) is 0.364. The van der Waals surface area contributed by atoms with Crippen molar-refractivity contribution >= 4 is 23.5 Å². The maximum atomic E-state index is 13.2. The number of aliphatic hydroxyl groups excluding tert-OH is 1. The van der Waals surface area contributed by atoms with E-state index in [1.807, 2.05) is 109 Å². The van der Waals surface area contributed by atoms with Gasteiger partial charge in [-0.3, -0.25) is 0 Å². The molecule has 2 heterocycles. The molecule has 4 bridgehead atoms. The number of aromatic nitrogens is 1. The highest BCUT2D eigenvalue weighted by Gasteiger charge is 2.51. The van der Waals surface area contributed by atoms with Gasteiger partial charge in [-0.2, -0.15) is 0 Å². The Morgan fingerprint density at radius 2 is 1.38 bits per heavy atom. The van der Waals surface area contributed by atoms with Crippen molar-refractivity contribution in [3.8, 4) is 22.6 Å². The highest BCUT2D eigenvalue weighted by atomic mass is 32.2. The van der Waals surface area contributed by atoms with Crippen molar-refractivity contribution in [2.24, 2.45) is 17.8 Å². The topological polar surface area (TPSA) is 106 Å². The van der Waals surface area contributed by atoms with Gasteiger partial charge in [-0.15, -0.1) is 0 Å². The van der Waals surface area contributed by atoms with Crippen molar-refractivity contribution in [3.63, 3.8) is 0 Å². The first kappa shape index (κ1) is 34.4. The number of carbonyl (C=O) groups excluding carboxylic acids is 1. The van der Waals surface area contributed by atoms with Crippen LogP contribution in [0.25, 0.3) is 22.6 Å². The van der Waals surface area contributed by atoms with E-state index in [2.05, 4.69) is 10.6 Å². The molecule has 0 unspecified atom stereocenters. The van der Waals surface area contributed by atoms with Gasteiger partial charge in [0.1, 0.15) is 5.69 Å². The fourth-order valence-electron chi connectivity index (χ4n) is 9.52. The smallest absolute Gasteiger partial charge is 0.319 e. The molecule has 4 aliphatic carbocycles. The second-order valence-corrected chi connectivity index (χ2v) is 16.4. The minimum atomic E-state index is -0.615. The number of oxazole rings is 1. The molecule has 9 heteroatoms. The fourth-order valence-corrected chi connectivity index (χ4v) is 10.4. The molecule has 1 aromatic heterocycles. The summed E-state index contributed by atoms with van der Waals surface area (Å²) in [5, 5.41) is 16.7. The average molecular weight is 728 g/mol. The lowest BCUT2D eigenvalue weighted by molar-refractivity contribution is -0.245. The predicted octanol–water partition coefficient (Wildman–Crippen LogP) is 9.93. The lowest BCUT2D eigenvalue weighted by atomic mass is 9.53. The average Bonchev–Trinajstić information content (AvgIpc) is 3.62. The summed E-state index contributed by atoms with van der Waals surface area (Å²) in [6.45, 7) is -0.0101. The molecule has 1 saturated heterocycles. The van der Waals surface area contributed by atoms with Crippen LogP contribution in [0.2, 0.25) is 0 Å². The minimum Gasteiger partial charge on any atom is -0.431 e. The van der Waals surface area contributed by atoms with Gasteiger partial charge in [0.2, 0.25) is 0 Å². The normalized spacial score (nSPS) is 27.4.